The van der Waals surface area contributed by atoms with Crippen LogP contribution in [0.5, 0.6) is 0 Å². The summed E-state index contributed by atoms with van der Waals surface area (Å²) in [5.74, 6) is -0.544. The molecule has 0 aliphatic carbocycles. The summed E-state index contributed by atoms with van der Waals surface area (Å²) in [6, 6.07) is 14.1. The van der Waals surface area contributed by atoms with E-state index in [1.54, 1.807) is 6.92 Å². The summed E-state index contributed by atoms with van der Waals surface area (Å²) in [5.41, 5.74) is 0.910. The van der Waals surface area contributed by atoms with Gasteiger partial charge in [0.25, 0.3) is 0 Å². The van der Waals surface area contributed by atoms with Crippen molar-refractivity contribution in [3.63, 3.8) is 0 Å². The van der Waals surface area contributed by atoms with Gasteiger partial charge in [-0.25, -0.2) is 4.79 Å². The highest BCUT2D eigenvalue weighted by Gasteiger charge is 2.30. The van der Waals surface area contributed by atoms with E-state index in [2.05, 4.69) is 6.58 Å². The van der Waals surface area contributed by atoms with Crippen LogP contribution >= 0.6 is 0 Å². The van der Waals surface area contributed by atoms with Gasteiger partial charge in [0.2, 0.25) is 0 Å². The third-order valence-electron chi connectivity index (χ3n) is 3.90. The van der Waals surface area contributed by atoms with Gasteiger partial charge in [-0.3, -0.25) is 0 Å². The quantitative estimate of drug-likeness (QED) is 0.451. The fourth-order valence-electron chi connectivity index (χ4n) is 2.47. The van der Waals surface area contributed by atoms with Crippen molar-refractivity contribution in [2.75, 3.05) is 6.61 Å². The van der Waals surface area contributed by atoms with E-state index < -0.39 is 23.8 Å². The second kappa shape index (κ2) is 9.37. The van der Waals surface area contributed by atoms with Crippen LogP contribution in [0.25, 0.3) is 0 Å². The molecule has 0 saturated carbocycles. The van der Waals surface area contributed by atoms with Crippen LogP contribution in [0, 0.1) is 0 Å². The summed E-state index contributed by atoms with van der Waals surface area (Å²) < 4.78 is 49.2. The van der Waals surface area contributed by atoms with Gasteiger partial charge in [0.05, 0.1) is 24.9 Å². The molecule has 0 heterocycles. The summed E-state index contributed by atoms with van der Waals surface area (Å²) in [5, 5.41) is 0. The Labute approximate surface area is 156 Å². The van der Waals surface area contributed by atoms with Crippen LogP contribution in [-0.4, -0.2) is 12.6 Å². The Morgan fingerprint density at radius 3 is 2.26 bits per heavy atom. The van der Waals surface area contributed by atoms with Gasteiger partial charge in [-0.1, -0.05) is 49.0 Å². The van der Waals surface area contributed by atoms with Crippen molar-refractivity contribution in [2.45, 2.75) is 32.2 Å². The molecular formula is C21H21F3O3. The van der Waals surface area contributed by atoms with Gasteiger partial charge >= 0.3 is 12.1 Å². The first-order valence-electron chi connectivity index (χ1n) is 8.48. The Hall–Kier alpha value is -2.60. The molecule has 2 aromatic rings. The highest BCUT2D eigenvalue weighted by molar-refractivity contribution is 5.87. The van der Waals surface area contributed by atoms with Crippen molar-refractivity contribution in [1.82, 2.24) is 0 Å². The van der Waals surface area contributed by atoms with Crippen LogP contribution in [0.2, 0.25) is 0 Å². The average molecular weight is 378 g/mol. The van der Waals surface area contributed by atoms with Gasteiger partial charge < -0.3 is 9.47 Å². The standard InChI is InChI=1S/C21H21F3O3/c1-3-26-20(25)15(2)13-19(27-14-16-7-5-4-6-8-16)17-9-11-18(12-10-17)21(22,23)24/h4-12,19H,2-3,13-14H2,1H3. The Morgan fingerprint density at radius 2 is 1.70 bits per heavy atom. The number of carbonyl (C=O) groups excluding carboxylic acids is 1. The number of hydrogen-bond acceptors (Lipinski definition) is 3. The van der Waals surface area contributed by atoms with E-state index in [0.29, 0.717) is 5.56 Å². The average Bonchev–Trinajstić information content (AvgIpc) is 2.65. The fourth-order valence-corrected chi connectivity index (χ4v) is 2.47. The lowest BCUT2D eigenvalue weighted by atomic mass is 10.0. The molecule has 0 saturated heterocycles. The molecule has 0 radical (unpaired) electrons. The number of carbonyl (C=O) groups is 1. The smallest absolute Gasteiger partial charge is 0.416 e. The molecule has 0 spiro atoms. The molecule has 0 N–H and O–H groups in total. The van der Waals surface area contributed by atoms with E-state index in [9.17, 15) is 18.0 Å². The molecule has 27 heavy (non-hydrogen) atoms. The summed E-state index contributed by atoms with van der Waals surface area (Å²) in [6.45, 7) is 5.87. The lowest BCUT2D eigenvalue weighted by Crippen LogP contribution is -2.13. The number of halogens is 3. The van der Waals surface area contributed by atoms with E-state index in [1.807, 2.05) is 30.3 Å². The van der Waals surface area contributed by atoms with Crippen molar-refractivity contribution in [3.8, 4) is 0 Å². The Morgan fingerprint density at radius 1 is 1.07 bits per heavy atom. The number of esters is 1. The predicted molar refractivity (Wildman–Crippen MR) is 95.8 cm³/mol. The number of ether oxygens (including phenoxy) is 2. The summed E-state index contributed by atoms with van der Waals surface area (Å²) >= 11 is 0. The van der Waals surface area contributed by atoms with Gasteiger partial charge in [-0.2, -0.15) is 13.2 Å². The molecule has 1 atom stereocenters. The number of alkyl halides is 3. The van der Waals surface area contributed by atoms with E-state index in [4.69, 9.17) is 9.47 Å². The first-order valence-corrected chi connectivity index (χ1v) is 8.48. The lowest BCUT2D eigenvalue weighted by molar-refractivity contribution is -0.139. The largest absolute Gasteiger partial charge is 0.463 e. The minimum Gasteiger partial charge on any atom is -0.463 e. The maximum atomic E-state index is 12.8. The zero-order chi connectivity index (χ0) is 19.9. The van der Waals surface area contributed by atoms with Gasteiger partial charge in [-0.15, -0.1) is 0 Å². The van der Waals surface area contributed by atoms with Crippen molar-refractivity contribution in [1.29, 1.82) is 0 Å². The number of rotatable bonds is 8. The highest BCUT2D eigenvalue weighted by Crippen LogP contribution is 2.32. The van der Waals surface area contributed by atoms with Crippen LogP contribution in [0.4, 0.5) is 13.2 Å². The molecule has 2 aromatic carbocycles. The van der Waals surface area contributed by atoms with Crippen LogP contribution in [0.15, 0.2) is 66.7 Å². The van der Waals surface area contributed by atoms with Crippen LogP contribution in [0.1, 0.15) is 36.1 Å². The molecule has 2 rings (SSSR count). The van der Waals surface area contributed by atoms with Gasteiger partial charge in [0, 0.05) is 12.0 Å². The first-order chi connectivity index (χ1) is 12.8. The Balaban J connectivity index is 2.17. The van der Waals surface area contributed by atoms with E-state index in [-0.39, 0.29) is 25.2 Å². The second-order valence-electron chi connectivity index (χ2n) is 5.93. The van der Waals surface area contributed by atoms with E-state index in [1.165, 1.54) is 12.1 Å². The monoisotopic (exact) mass is 378 g/mol. The molecule has 0 aromatic heterocycles. The fraction of sp³-hybridized carbons (Fsp3) is 0.286. The molecular weight excluding hydrogens is 357 g/mol. The van der Waals surface area contributed by atoms with E-state index in [0.717, 1.165) is 17.7 Å². The lowest BCUT2D eigenvalue weighted by Gasteiger charge is -2.20. The minimum absolute atomic E-state index is 0.122. The molecule has 6 heteroatoms. The number of hydrogen-bond donors (Lipinski definition) is 0. The maximum absolute atomic E-state index is 12.8. The summed E-state index contributed by atoms with van der Waals surface area (Å²) in [7, 11) is 0. The zero-order valence-corrected chi connectivity index (χ0v) is 15.0. The van der Waals surface area contributed by atoms with Crippen molar-refractivity contribution < 1.29 is 27.4 Å². The third kappa shape index (κ3) is 6.25. The molecule has 0 aliphatic heterocycles. The van der Waals surface area contributed by atoms with Gasteiger partial charge in [0.15, 0.2) is 0 Å². The van der Waals surface area contributed by atoms with Crippen LogP contribution in [0.3, 0.4) is 0 Å². The molecule has 1 unspecified atom stereocenters. The molecule has 3 nitrogen and oxygen atoms in total. The normalized spacial score (nSPS) is 12.4. The summed E-state index contributed by atoms with van der Waals surface area (Å²) in [4.78, 5) is 11.8. The van der Waals surface area contributed by atoms with Crippen molar-refractivity contribution in [3.05, 3.63) is 83.4 Å². The molecule has 0 aliphatic rings. The second-order valence-corrected chi connectivity index (χ2v) is 5.93. The Bertz CT molecular complexity index is 752. The molecule has 0 bridgehead atoms. The SMILES string of the molecule is C=C(CC(OCc1ccccc1)c1ccc(C(F)(F)F)cc1)C(=O)OCC. The van der Waals surface area contributed by atoms with E-state index >= 15 is 0 Å². The molecule has 144 valence electrons. The maximum Gasteiger partial charge on any atom is 0.416 e. The predicted octanol–water partition coefficient (Wildman–Crippen LogP) is 5.47. The Kier molecular flexibility index (Phi) is 7.19. The van der Waals surface area contributed by atoms with Crippen LogP contribution in [-0.2, 0) is 27.1 Å². The first kappa shape index (κ1) is 20.7. The topological polar surface area (TPSA) is 35.5 Å². The molecule has 0 amide bonds. The highest BCUT2D eigenvalue weighted by atomic mass is 19.4. The van der Waals surface area contributed by atoms with Crippen molar-refractivity contribution in [2.24, 2.45) is 0 Å². The van der Waals surface area contributed by atoms with Crippen molar-refractivity contribution >= 4 is 5.97 Å². The van der Waals surface area contributed by atoms with Gasteiger partial charge in [-0.05, 0) is 30.2 Å². The van der Waals surface area contributed by atoms with Crippen LogP contribution < -0.4 is 0 Å². The zero-order valence-electron chi connectivity index (χ0n) is 15.0. The molecule has 0 fully saturated rings. The summed E-state index contributed by atoms with van der Waals surface area (Å²) in [6.07, 6.45) is -4.91. The number of benzene rings is 2. The minimum atomic E-state index is -4.41. The van der Waals surface area contributed by atoms with Gasteiger partial charge in [0.1, 0.15) is 0 Å². The third-order valence-corrected chi connectivity index (χ3v) is 3.90.